The van der Waals surface area contributed by atoms with Crippen LogP contribution in [0.1, 0.15) is 38.2 Å². The molecule has 1 aliphatic rings. The largest absolute Gasteiger partial charge is 0.392 e. The smallest absolute Gasteiger partial charge is 0.159 e. The van der Waals surface area contributed by atoms with E-state index in [0.717, 1.165) is 31.2 Å². The van der Waals surface area contributed by atoms with Crippen molar-refractivity contribution in [3.63, 3.8) is 0 Å². The van der Waals surface area contributed by atoms with Crippen LogP contribution in [0.25, 0.3) is 0 Å². The molecule has 0 radical (unpaired) electrons. The third-order valence-electron chi connectivity index (χ3n) is 4.13. The first kappa shape index (κ1) is 13.5. The predicted octanol–water partition coefficient (Wildman–Crippen LogP) is 3.69. The Hall–Kier alpha value is -0.960. The maximum Gasteiger partial charge on any atom is 0.159 e. The summed E-state index contributed by atoms with van der Waals surface area (Å²) in [5, 5.41) is 10.2. The standard InChI is InChI=1S/C15H20F2O/c1-2-10-3-5-12(7-10)15(18)9-11-4-6-13(16)14(17)8-11/h4,6,8,10,12,15,18H,2-3,5,7,9H2,1H3. The fraction of sp³-hybridized carbons (Fsp3) is 0.600. The number of rotatable bonds is 4. The molecule has 3 heteroatoms. The molecule has 0 spiro atoms. The minimum Gasteiger partial charge on any atom is -0.392 e. The van der Waals surface area contributed by atoms with Crippen molar-refractivity contribution in [2.24, 2.45) is 11.8 Å². The van der Waals surface area contributed by atoms with E-state index in [1.54, 1.807) is 6.07 Å². The van der Waals surface area contributed by atoms with Crippen LogP contribution in [0, 0.1) is 23.5 Å². The van der Waals surface area contributed by atoms with Crippen LogP contribution >= 0.6 is 0 Å². The molecule has 1 fully saturated rings. The van der Waals surface area contributed by atoms with Gasteiger partial charge in [0, 0.05) is 0 Å². The van der Waals surface area contributed by atoms with E-state index in [2.05, 4.69) is 6.92 Å². The molecule has 2 rings (SSSR count). The number of hydrogen-bond acceptors (Lipinski definition) is 1. The summed E-state index contributed by atoms with van der Waals surface area (Å²) in [4.78, 5) is 0. The highest BCUT2D eigenvalue weighted by Crippen LogP contribution is 2.35. The molecule has 0 aromatic heterocycles. The van der Waals surface area contributed by atoms with Crippen LogP contribution < -0.4 is 0 Å². The van der Waals surface area contributed by atoms with E-state index in [1.165, 1.54) is 12.5 Å². The summed E-state index contributed by atoms with van der Waals surface area (Å²) in [7, 11) is 0. The molecule has 1 aliphatic carbocycles. The maximum atomic E-state index is 13.1. The number of aliphatic hydroxyl groups excluding tert-OH is 1. The average molecular weight is 254 g/mol. The summed E-state index contributed by atoms with van der Waals surface area (Å²) in [6.45, 7) is 2.18. The minimum absolute atomic E-state index is 0.308. The molecule has 1 nitrogen and oxygen atoms in total. The number of hydrogen-bond donors (Lipinski definition) is 1. The van der Waals surface area contributed by atoms with E-state index in [4.69, 9.17) is 0 Å². The lowest BCUT2D eigenvalue weighted by molar-refractivity contribution is 0.108. The van der Waals surface area contributed by atoms with Crippen molar-refractivity contribution in [1.82, 2.24) is 0 Å². The number of aliphatic hydroxyl groups is 1. The van der Waals surface area contributed by atoms with Gasteiger partial charge in [-0.1, -0.05) is 25.8 Å². The van der Waals surface area contributed by atoms with Crippen LogP contribution in [-0.4, -0.2) is 11.2 Å². The minimum atomic E-state index is -0.836. The molecule has 1 saturated carbocycles. The molecule has 3 atom stereocenters. The number of benzene rings is 1. The Bertz CT molecular complexity index is 405. The van der Waals surface area contributed by atoms with E-state index in [1.807, 2.05) is 0 Å². The molecular formula is C15H20F2O. The van der Waals surface area contributed by atoms with Crippen molar-refractivity contribution in [3.05, 3.63) is 35.4 Å². The summed E-state index contributed by atoms with van der Waals surface area (Å²) in [5.41, 5.74) is 0.668. The first-order valence-electron chi connectivity index (χ1n) is 6.72. The molecule has 3 unspecified atom stereocenters. The highest BCUT2D eigenvalue weighted by Gasteiger charge is 2.28. The van der Waals surface area contributed by atoms with Crippen LogP contribution in [0.2, 0.25) is 0 Å². The molecule has 1 aromatic rings. The first-order valence-corrected chi connectivity index (χ1v) is 6.72. The molecule has 100 valence electrons. The average Bonchev–Trinajstić information content (AvgIpc) is 2.82. The molecule has 0 heterocycles. The van der Waals surface area contributed by atoms with Gasteiger partial charge in [0.05, 0.1) is 6.10 Å². The third-order valence-corrected chi connectivity index (χ3v) is 4.13. The normalized spacial score (nSPS) is 25.3. The van der Waals surface area contributed by atoms with Gasteiger partial charge in [-0.15, -0.1) is 0 Å². The van der Waals surface area contributed by atoms with Crippen LogP contribution in [0.3, 0.4) is 0 Å². The van der Waals surface area contributed by atoms with E-state index < -0.39 is 17.7 Å². The fourth-order valence-corrected chi connectivity index (χ4v) is 2.91. The Balaban J connectivity index is 1.94. The summed E-state index contributed by atoms with van der Waals surface area (Å²) >= 11 is 0. The van der Waals surface area contributed by atoms with Crippen molar-refractivity contribution < 1.29 is 13.9 Å². The van der Waals surface area contributed by atoms with Crippen molar-refractivity contribution >= 4 is 0 Å². The van der Waals surface area contributed by atoms with Gasteiger partial charge in [-0.2, -0.15) is 0 Å². The van der Waals surface area contributed by atoms with Crippen LogP contribution in [0.15, 0.2) is 18.2 Å². The van der Waals surface area contributed by atoms with Gasteiger partial charge in [0.25, 0.3) is 0 Å². The van der Waals surface area contributed by atoms with Crippen molar-refractivity contribution in [2.75, 3.05) is 0 Å². The van der Waals surface area contributed by atoms with Crippen LogP contribution in [0.5, 0.6) is 0 Å². The zero-order valence-corrected chi connectivity index (χ0v) is 10.7. The molecule has 0 amide bonds. The predicted molar refractivity (Wildman–Crippen MR) is 67.2 cm³/mol. The fourth-order valence-electron chi connectivity index (χ4n) is 2.91. The van der Waals surface area contributed by atoms with E-state index >= 15 is 0 Å². The Labute approximate surface area is 107 Å². The lowest BCUT2D eigenvalue weighted by Crippen LogP contribution is -2.21. The summed E-state index contributed by atoms with van der Waals surface area (Å²) < 4.78 is 25.9. The lowest BCUT2D eigenvalue weighted by atomic mass is 9.93. The molecular weight excluding hydrogens is 234 g/mol. The zero-order chi connectivity index (χ0) is 13.1. The van der Waals surface area contributed by atoms with E-state index in [9.17, 15) is 13.9 Å². The summed E-state index contributed by atoms with van der Waals surface area (Å²) in [6.07, 6.45) is 4.42. The quantitative estimate of drug-likeness (QED) is 0.868. The summed E-state index contributed by atoms with van der Waals surface area (Å²) in [6, 6.07) is 3.86. The van der Waals surface area contributed by atoms with Gasteiger partial charge in [0.15, 0.2) is 11.6 Å². The second-order valence-electron chi connectivity index (χ2n) is 5.37. The highest BCUT2D eigenvalue weighted by molar-refractivity contribution is 5.18. The van der Waals surface area contributed by atoms with Crippen LogP contribution in [0.4, 0.5) is 8.78 Å². The second-order valence-corrected chi connectivity index (χ2v) is 5.37. The Morgan fingerprint density at radius 3 is 2.67 bits per heavy atom. The maximum absolute atomic E-state index is 13.1. The highest BCUT2D eigenvalue weighted by atomic mass is 19.2. The molecule has 1 aromatic carbocycles. The molecule has 0 saturated heterocycles. The zero-order valence-electron chi connectivity index (χ0n) is 10.7. The molecule has 0 aliphatic heterocycles. The molecule has 18 heavy (non-hydrogen) atoms. The Morgan fingerprint density at radius 2 is 2.06 bits per heavy atom. The van der Waals surface area contributed by atoms with E-state index in [-0.39, 0.29) is 0 Å². The topological polar surface area (TPSA) is 20.2 Å². The van der Waals surface area contributed by atoms with Gasteiger partial charge in [-0.3, -0.25) is 0 Å². The van der Waals surface area contributed by atoms with Gasteiger partial charge in [-0.25, -0.2) is 8.78 Å². The van der Waals surface area contributed by atoms with Gasteiger partial charge >= 0.3 is 0 Å². The van der Waals surface area contributed by atoms with Gasteiger partial charge in [0.2, 0.25) is 0 Å². The van der Waals surface area contributed by atoms with E-state index in [0.29, 0.717) is 17.9 Å². The Kier molecular flexibility index (Phi) is 4.33. The second kappa shape index (κ2) is 5.79. The van der Waals surface area contributed by atoms with Crippen molar-refractivity contribution in [1.29, 1.82) is 0 Å². The van der Waals surface area contributed by atoms with Gasteiger partial charge in [-0.05, 0) is 48.8 Å². The molecule has 1 N–H and O–H groups in total. The first-order chi connectivity index (χ1) is 8.60. The SMILES string of the molecule is CCC1CCC(C(O)Cc2ccc(F)c(F)c2)C1. The molecule has 0 bridgehead atoms. The third kappa shape index (κ3) is 3.08. The van der Waals surface area contributed by atoms with Gasteiger partial charge in [0.1, 0.15) is 0 Å². The van der Waals surface area contributed by atoms with Crippen molar-refractivity contribution in [2.45, 2.75) is 45.1 Å². The van der Waals surface area contributed by atoms with Gasteiger partial charge < -0.3 is 5.11 Å². The lowest BCUT2D eigenvalue weighted by Gasteiger charge is -2.18. The van der Waals surface area contributed by atoms with Crippen LogP contribution in [-0.2, 0) is 6.42 Å². The van der Waals surface area contributed by atoms with Crippen molar-refractivity contribution in [3.8, 4) is 0 Å². The Morgan fingerprint density at radius 1 is 1.28 bits per heavy atom. The monoisotopic (exact) mass is 254 g/mol. The summed E-state index contributed by atoms with van der Waals surface area (Å²) in [5.74, 6) is -0.643. The number of halogens is 2.